The third kappa shape index (κ3) is 3.01. The maximum Gasteiger partial charge on any atom is 0.523 e. The van der Waals surface area contributed by atoms with Gasteiger partial charge in [0.2, 0.25) is 0 Å². The molecule has 1 atom stereocenters. The summed E-state index contributed by atoms with van der Waals surface area (Å²) in [6.07, 6.45) is 0. The first kappa shape index (κ1) is 12.1. The summed E-state index contributed by atoms with van der Waals surface area (Å²) < 4.78 is 65.2. The smallest absolute Gasteiger partial charge is 0.377 e. The van der Waals surface area contributed by atoms with Crippen molar-refractivity contribution in [2.45, 2.75) is 10.9 Å². The highest BCUT2D eigenvalue weighted by molar-refractivity contribution is 8.00. The average molecular weight is 252 g/mol. The zero-order valence-electron chi connectivity index (χ0n) is 6.78. The van der Waals surface area contributed by atoms with Crippen molar-refractivity contribution in [1.82, 2.24) is 0 Å². The lowest BCUT2D eigenvalue weighted by molar-refractivity contribution is -0.0569. The Hall–Kier alpha value is 0.01000. The fourth-order valence-electron chi connectivity index (χ4n) is 0.718. The molecule has 0 aliphatic carbocycles. The van der Waals surface area contributed by atoms with E-state index in [-0.39, 0.29) is 6.61 Å². The molecular weight excluding hydrogens is 245 g/mol. The Morgan fingerprint density at radius 1 is 1.43 bits per heavy atom. The third-order valence-electron chi connectivity index (χ3n) is 1.30. The van der Waals surface area contributed by atoms with Crippen LogP contribution in [0.15, 0.2) is 0 Å². The van der Waals surface area contributed by atoms with Gasteiger partial charge in [0.25, 0.3) is 0 Å². The molecule has 1 saturated heterocycles. The van der Waals surface area contributed by atoms with Crippen molar-refractivity contribution in [2.75, 3.05) is 19.0 Å². The topological polar surface area (TPSA) is 52.6 Å². The molecule has 4 nitrogen and oxygen atoms in total. The maximum absolute atomic E-state index is 11.8. The van der Waals surface area contributed by atoms with Gasteiger partial charge in [0.15, 0.2) is 0 Å². The number of alkyl halides is 3. The number of thioether (sulfide) groups is 1. The van der Waals surface area contributed by atoms with Crippen LogP contribution in [0.4, 0.5) is 13.2 Å². The normalized spacial score (nSPS) is 24.9. The number of halogens is 3. The molecule has 0 saturated carbocycles. The quantitative estimate of drug-likeness (QED) is 0.541. The lowest BCUT2D eigenvalue weighted by Crippen LogP contribution is -2.33. The molecular formula is C5H7F3O4S2. The molecule has 0 amide bonds. The fourth-order valence-corrected chi connectivity index (χ4v) is 2.37. The van der Waals surface area contributed by atoms with Gasteiger partial charge in [0.1, 0.15) is 5.44 Å². The minimum absolute atomic E-state index is 0.153. The Kier molecular flexibility index (Phi) is 3.67. The Labute approximate surface area is 82.9 Å². The molecule has 14 heavy (non-hydrogen) atoms. The van der Waals surface area contributed by atoms with Gasteiger partial charge in [-0.25, -0.2) is 4.18 Å². The molecule has 0 N–H and O–H groups in total. The molecule has 9 heteroatoms. The molecule has 0 aromatic heterocycles. The van der Waals surface area contributed by atoms with Crippen molar-refractivity contribution in [3.63, 3.8) is 0 Å². The summed E-state index contributed by atoms with van der Waals surface area (Å²) in [5.41, 5.74) is -6.47. The first-order chi connectivity index (χ1) is 6.33. The molecule has 1 unspecified atom stereocenters. The van der Waals surface area contributed by atoms with E-state index in [0.29, 0.717) is 12.4 Å². The molecule has 1 heterocycles. The highest BCUT2D eigenvalue weighted by Crippen LogP contribution is 2.29. The van der Waals surface area contributed by atoms with Gasteiger partial charge in [0, 0.05) is 5.75 Å². The van der Waals surface area contributed by atoms with Gasteiger partial charge in [-0.15, -0.1) is 11.8 Å². The summed E-state index contributed by atoms with van der Waals surface area (Å²) in [7, 11) is -5.50. The van der Waals surface area contributed by atoms with Crippen molar-refractivity contribution in [2.24, 2.45) is 0 Å². The van der Waals surface area contributed by atoms with E-state index in [1.165, 1.54) is 0 Å². The van der Waals surface area contributed by atoms with Crippen molar-refractivity contribution in [3.05, 3.63) is 0 Å². The van der Waals surface area contributed by atoms with Gasteiger partial charge in [-0.3, -0.25) is 0 Å². The Morgan fingerprint density at radius 2 is 2.07 bits per heavy atom. The second kappa shape index (κ2) is 4.25. The summed E-state index contributed by atoms with van der Waals surface area (Å²) in [6, 6.07) is 0. The van der Waals surface area contributed by atoms with Crippen LogP contribution in [0.25, 0.3) is 0 Å². The van der Waals surface area contributed by atoms with Crippen LogP contribution in [-0.4, -0.2) is 38.3 Å². The standard InChI is InChI=1S/C5H7F3O4S2/c6-5(7,8)14(9,10)12-4-3-11-1-2-13-4/h4H,1-3H2. The summed E-state index contributed by atoms with van der Waals surface area (Å²) >= 11 is 0.980. The van der Waals surface area contributed by atoms with E-state index in [0.717, 1.165) is 11.8 Å². The number of hydrogen-bond acceptors (Lipinski definition) is 5. The van der Waals surface area contributed by atoms with Crippen LogP contribution in [0.3, 0.4) is 0 Å². The summed E-state index contributed by atoms with van der Waals surface area (Å²) in [6.45, 7) is 0.233. The first-order valence-electron chi connectivity index (χ1n) is 3.52. The first-order valence-corrected chi connectivity index (χ1v) is 5.97. The van der Waals surface area contributed by atoms with Gasteiger partial charge in [-0.2, -0.15) is 21.6 Å². The van der Waals surface area contributed by atoms with E-state index in [1.807, 2.05) is 0 Å². The molecule has 0 radical (unpaired) electrons. The minimum Gasteiger partial charge on any atom is -0.377 e. The summed E-state index contributed by atoms with van der Waals surface area (Å²) in [5.74, 6) is 0.415. The van der Waals surface area contributed by atoms with Crippen molar-refractivity contribution < 1.29 is 30.5 Å². The number of rotatable bonds is 2. The highest BCUT2D eigenvalue weighted by Gasteiger charge is 2.48. The largest absolute Gasteiger partial charge is 0.523 e. The molecule has 84 valence electrons. The van der Waals surface area contributed by atoms with E-state index in [4.69, 9.17) is 4.74 Å². The summed E-state index contributed by atoms with van der Waals surface area (Å²) in [5, 5.41) is 0. The van der Waals surface area contributed by atoms with E-state index < -0.39 is 21.1 Å². The van der Waals surface area contributed by atoms with Gasteiger partial charge >= 0.3 is 15.6 Å². The van der Waals surface area contributed by atoms with Crippen molar-refractivity contribution >= 4 is 21.9 Å². The SMILES string of the molecule is O=S(=O)(OC1COCCS1)C(F)(F)F. The lowest BCUT2D eigenvalue weighted by Gasteiger charge is -2.21. The number of hydrogen-bond donors (Lipinski definition) is 0. The molecule has 0 aromatic carbocycles. The van der Waals surface area contributed by atoms with Crippen molar-refractivity contribution in [3.8, 4) is 0 Å². The molecule has 1 rings (SSSR count). The van der Waals surface area contributed by atoms with Crippen LogP contribution in [0, 0.1) is 0 Å². The minimum atomic E-state index is -5.50. The van der Waals surface area contributed by atoms with E-state index >= 15 is 0 Å². The average Bonchev–Trinajstić information content (AvgIpc) is 2.03. The van der Waals surface area contributed by atoms with Crippen molar-refractivity contribution in [1.29, 1.82) is 0 Å². The van der Waals surface area contributed by atoms with Crippen LogP contribution in [0.5, 0.6) is 0 Å². The molecule has 1 aliphatic heterocycles. The Bertz CT molecular complexity index is 280. The molecule has 1 aliphatic rings. The second-order valence-corrected chi connectivity index (χ2v) is 5.20. The van der Waals surface area contributed by atoms with Gasteiger partial charge in [0.05, 0.1) is 13.2 Å². The molecule has 0 aromatic rings. The molecule has 1 fully saturated rings. The maximum atomic E-state index is 11.8. The van der Waals surface area contributed by atoms with E-state index in [9.17, 15) is 21.6 Å². The Morgan fingerprint density at radius 3 is 2.50 bits per heavy atom. The van der Waals surface area contributed by atoms with Crippen LogP contribution >= 0.6 is 11.8 Å². The highest BCUT2D eigenvalue weighted by atomic mass is 32.2. The zero-order valence-corrected chi connectivity index (χ0v) is 8.42. The van der Waals surface area contributed by atoms with Crippen LogP contribution in [0.2, 0.25) is 0 Å². The fraction of sp³-hybridized carbons (Fsp3) is 1.00. The predicted octanol–water partition coefficient (Wildman–Crippen LogP) is 0.942. The van der Waals surface area contributed by atoms with E-state index in [2.05, 4.69) is 4.18 Å². The van der Waals surface area contributed by atoms with E-state index in [1.54, 1.807) is 0 Å². The van der Waals surface area contributed by atoms with Crippen LogP contribution in [-0.2, 0) is 19.0 Å². The lowest BCUT2D eigenvalue weighted by atomic mass is 10.7. The summed E-state index contributed by atoms with van der Waals surface area (Å²) in [4.78, 5) is 0. The predicted molar refractivity (Wildman–Crippen MR) is 43.1 cm³/mol. The zero-order chi connectivity index (χ0) is 10.8. The molecule has 0 bridgehead atoms. The van der Waals surface area contributed by atoms with Crippen LogP contribution < -0.4 is 0 Å². The van der Waals surface area contributed by atoms with Gasteiger partial charge in [-0.1, -0.05) is 0 Å². The van der Waals surface area contributed by atoms with Gasteiger partial charge in [-0.05, 0) is 0 Å². The van der Waals surface area contributed by atoms with Gasteiger partial charge < -0.3 is 4.74 Å². The monoisotopic (exact) mass is 252 g/mol. The van der Waals surface area contributed by atoms with Crippen LogP contribution in [0.1, 0.15) is 0 Å². The molecule has 0 spiro atoms. The second-order valence-electron chi connectivity index (χ2n) is 2.37. The Balaban J connectivity index is 2.58. The number of ether oxygens (including phenoxy) is 1. The third-order valence-corrected chi connectivity index (χ3v) is 3.48.